The van der Waals surface area contributed by atoms with Crippen LogP contribution in [0.5, 0.6) is 11.5 Å². The molecule has 0 fully saturated rings. The van der Waals surface area contributed by atoms with Crippen molar-refractivity contribution in [1.29, 1.82) is 0 Å². The van der Waals surface area contributed by atoms with Gasteiger partial charge in [-0.05, 0) is 43.2 Å². The van der Waals surface area contributed by atoms with E-state index < -0.39 is 17.8 Å². The lowest BCUT2D eigenvalue weighted by atomic mass is 9.82. The molecule has 4 rings (SSSR count). The Labute approximate surface area is 195 Å². The summed E-state index contributed by atoms with van der Waals surface area (Å²) in [6, 6.07) is 12.4. The highest BCUT2D eigenvalue weighted by Gasteiger charge is 2.33. The Balaban J connectivity index is 1.31. The van der Waals surface area contributed by atoms with Crippen molar-refractivity contribution < 1.29 is 29.0 Å². The van der Waals surface area contributed by atoms with Gasteiger partial charge < -0.3 is 25.2 Å². The van der Waals surface area contributed by atoms with Crippen molar-refractivity contribution in [2.45, 2.75) is 17.7 Å². The zero-order valence-corrected chi connectivity index (χ0v) is 18.6. The number of nitrogens with one attached hydrogen (secondary N) is 2. The topological polar surface area (TPSA) is 114 Å². The number of anilines is 2. The smallest absolute Gasteiger partial charge is 0.307 e. The zero-order valence-electron chi connectivity index (χ0n) is 17.8. The van der Waals surface area contributed by atoms with E-state index in [0.29, 0.717) is 48.9 Å². The van der Waals surface area contributed by atoms with E-state index in [2.05, 4.69) is 10.6 Å². The van der Waals surface area contributed by atoms with Gasteiger partial charge in [0.25, 0.3) is 0 Å². The highest BCUT2D eigenvalue weighted by atomic mass is 32.2. The van der Waals surface area contributed by atoms with Gasteiger partial charge in [-0.1, -0.05) is 18.2 Å². The summed E-state index contributed by atoms with van der Waals surface area (Å²) in [5.41, 5.74) is 1.19. The number of rotatable bonds is 7. The van der Waals surface area contributed by atoms with E-state index in [1.54, 1.807) is 42.5 Å². The number of fused-ring (bicyclic) bond motifs is 1. The quantitative estimate of drug-likeness (QED) is 0.418. The largest absolute Gasteiger partial charge is 0.486 e. The molecule has 2 atom stereocenters. The highest BCUT2D eigenvalue weighted by molar-refractivity contribution is 8.00. The third-order valence-corrected chi connectivity index (χ3v) is 6.38. The highest BCUT2D eigenvalue weighted by Crippen LogP contribution is 2.33. The van der Waals surface area contributed by atoms with E-state index in [0.717, 1.165) is 4.90 Å². The molecule has 1 aliphatic carbocycles. The molecule has 172 valence electrons. The summed E-state index contributed by atoms with van der Waals surface area (Å²) in [4.78, 5) is 37.3. The summed E-state index contributed by atoms with van der Waals surface area (Å²) in [6.45, 7) is 0.980. The first kappa shape index (κ1) is 22.7. The number of amides is 2. The van der Waals surface area contributed by atoms with Gasteiger partial charge in [0.2, 0.25) is 11.8 Å². The second kappa shape index (κ2) is 10.4. The minimum atomic E-state index is -0.965. The lowest BCUT2D eigenvalue weighted by molar-refractivity contribution is -0.146. The van der Waals surface area contributed by atoms with E-state index in [9.17, 15) is 19.5 Å². The van der Waals surface area contributed by atoms with Crippen LogP contribution in [-0.4, -0.2) is 41.9 Å². The van der Waals surface area contributed by atoms with Crippen LogP contribution in [0.3, 0.4) is 0 Å². The Hall–Kier alpha value is -3.46. The SMILES string of the molecule is O=C(CSc1cccc(NC(=O)C2CC=CCC2C(=O)O)c1)Nc1ccc2c(c1)OCCO2. The number of carbonyl (C=O) groups excluding carboxylic acids is 2. The summed E-state index contributed by atoms with van der Waals surface area (Å²) >= 11 is 1.33. The number of allylic oxidation sites excluding steroid dienone is 2. The van der Waals surface area contributed by atoms with Crippen molar-refractivity contribution in [2.24, 2.45) is 11.8 Å². The summed E-state index contributed by atoms with van der Waals surface area (Å²) in [5.74, 6) is -1.35. The first-order valence-electron chi connectivity index (χ1n) is 10.6. The maximum atomic E-state index is 12.7. The van der Waals surface area contributed by atoms with Crippen LogP contribution in [0.4, 0.5) is 11.4 Å². The van der Waals surface area contributed by atoms with Gasteiger partial charge in [0.15, 0.2) is 11.5 Å². The molecule has 0 aromatic heterocycles. The van der Waals surface area contributed by atoms with Crippen LogP contribution in [0.2, 0.25) is 0 Å². The number of hydrogen-bond acceptors (Lipinski definition) is 6. The Morgan fingerprint density at radius 2 is 1.64 bits per heavy atom. The van der Waals surface area contributed by atoms with E-state index in [-0.39, 0.29) is 17.6 Å². The van der Waals surface area contributed by atoms with E-state index >= 15 is 0 Å². The first-order chi connectivity index (χ1) is 16.0. The van der Waals surface area contributed by atoms with Gasteiger partial charge in [0.1, 0.15) is 13.2 Å². The number of hydrogen-bond donors (Lipinski definition) is 3. The maximum absolute atomic E-state index is 12.7. The monoisotopic (exact) mass is 468 g/mol. The maximum Gasteiger partial charge on any atom is 0.307 e. The van der Waals surface area contributed by atoms with Crippen LogP contribution in [0, 0.1) is 11.8 Å². The summed E-state index contributed by atoms with van der Waals surface area (Å²) < 4.78 is 11.0. The second-order valence-corrected chi connectivity index (χ2v) is 8.76. The molecule has 3 N–H and O–H groups in total. The molecule has 0 spiro atoms. The van der Waals surface area contributed by atoms with Crippen molar-refractivity contribution in [3.63, 3.8) is 0 Å². The van der Waals surface area contributed by atoms with Crippen molar-refractivity contribution >= 4 is 40.9 Å². The summed E-state index contributed by atoms with van der Waals surface area (Å²) in [6.07, 6.45) is 4.39. The normalized spacial score (nSPS) is 18.9. The predicted molar refractivity (Wildman–Crippen MR) is 125 cm³/mol. The number of thioether (sulfide) groups is 1. The van der Waals surface area contributed by atoms with Gasteiger partial charge in [-0.2, -0.15) is 0 Å². The zero-order chi connectivity index (χ0) is 23.2. The fourth-order valence-corrected chi connectivity index (χ4v) is 4.50. The molecular formula is C24H24N2O6S. The van der Waals surface area contributed by atoms with Gasteiger partial charge in [0.05, 0.1) is 17.6 Å². The molecule has 2 unspecified atom stereocenters. The lowest BCUT2D eigenvalue weighted by Crippen LogP contribution is -2.34. The molecule has 0 radical (unpaired) electrons. The minimum absolute atomic E-state index is 0.176. The number of benzene rings is 2. The summed E-state index contributed by atoms with van der Waals surface area (Å²) in [7, 11) is 0. The Bertz CT molecular complexity index is 1090. The van der Waals surface area contributed by atoms with Crippen molar-refractivity contribution in [1.82, 2.24) is 0 Å². The van der Waals surface area contributed by atoms with Crippen molar-refractivity contribution in [2.75, 3.05) is 29.6 Å². The van der Waals surface area contributed by atoms with E-state index in [1.165, 1.54) is 11.8 Å². The van der Waals surface area contributed by atoms with Crippen LogP contribution in [0.25, 0.3) is 0 Å². The first-order valence-corrected chi connectivity index (χ1v) is 11.6. The van der Waals surface area contributed by atoms with Gasteiger partial charge in [-0.25, -0.2) is 0 Å². The van der Waals surface area contributed by atoms with Gasteiger partial charge in [-0.15, -0.1) is 11.8 Å². The van der Waals surface area contributed by atoms with E-state index in [4.69, 9.17) is 9.47 Å². The standard InChI is InChI=1S/C24H24N2O6S/c27-22(25-16-8-9-20-21(13-16)32-11-10-31-20)14-33-17-5-3-4-15(12-17)26-23(28)18-6-1-2-7-19(18)24(29)30/h1-5,8-9,12-13,18-19H,6-7,10-11,14H2,(H,25,27)(H,26,28)(H,29,30). The third kappa shape index (κ3) is 5.87. The van der Waals surface area contributed by atoms with Crippen molar-refractivity contribution in [3.05, 3.63) is 54.6 Å². The molecule has 0 saturated carbocycles. The number of aliphatic carboxylic acids is 1. The average molecular weight is 469 g/mol. The van der Waals surface area contributed by atoms with Crippen LogP contribution >= 0.6 is 11.8 Å². The summed E-state index contributed by atoms with van der Waals surface area (Å²) in [5, 5.41) is 15.0. The lowest BCUT2D eigenvalue weighted by Gasteiger charge is -2.24. The molecule has 1 aliphatic heterocycles. The second-order valence-electron chi connectivity index (χ2n) is 7.71. The average Bonchev–Trinajstić information content (AvgIpc) is 2.83. The molecule has 0 saturated heterocycles. The molecule has 0 bridgehead atoms. The van der Waals surface area contributed by atoms with Crippen LogP contribution in [-0.2, 0) is 14.4 Å². The fraction of sp³-hybridized carbons (Fsp3) is 0.292. The van der Waals surface area contributed by atoms with Gasteiger partial charge in [-0.3, -0.25) is 14.4 Å². The molecule has 2 amide bonds. The minimum Gasteiger partial charge on any atom is -0.486 e. The predicted octanol–water partition coefficient (Wildman–Crippen LogP) is 3.79. The number of carboxylic acids is 1. The molecular weight excluding hydrogens is 444 g/mol. The van der Waals surface area contributed by atoms with Crippen LogP contribution in [0.15, 0.2) is 59.5 Å². The van der Waals surface area contributed by atoms with Crippen molar-refractivity contribution in [3.8, 4) is 11.5 Å². The van der Waals surface area contributed by atoms with Crippen LogP contribution < -0.4 is 20.1 Å². The Morgan fingerprint density at radius 1 is 0.909 bits per heavy atom. The third-order valence-electron chi connectivity index (χ3n) is 5.38. The molecule has 1 heterocycles. The number of carboxylic acid groups (broad SMARTS) is 1. The number of ether oxygens (including phenoxy) is 2. The molecule has 2 aromatic rings. The van der Waals surface area contributed by atoms with Crippen LogP contribution in [0.1, 0.15) is 12.8 Å². The van der Waals surface area contributed by atoms with Gasteiger partial charge >= 0.3 is 5.97 Å². The molecule has 8 nitrogen and oxygen atoms in total. The van der Waals surface area contributed by atoms with Gasteiger partial charge in [0, 0.05) is 22.3 Å². The molecule has 2 aliphatic rings. The molecule has 33 heavy (non-hydrogen) atoms. The molecule has 2 aromatic carbocycles. The Kier molecular flexibility index (Phi) is 7.19. The number of carbonyl (C=O) groups is 3. The Morgan fingerprint density at radius 3 is 2.42 bits per heavy atom. The fourth-order valence-electron chi connectivity index (χ4n) is 3.74. The van der Waals surface area contributed by atoms with E-state index in [1.807, 2.05) is 12.1 Å². The molecule has 9 heteroatoms.